The third-order valence-electron chi connectivity index (χ3n) is 0.810. The van der Waals surface area contributed by atoms with Gasteiger partial charge in [-0.15, -0.1) is 12.3 Å². The van der Waals surface area contributed by atoms with Gasteiger partial charge in [0, 0.05) is 14.2 Å². The lowest BCUT2D eigenvalue weighted by Gasteiger charge is -2.07. The highest BCUT2D eigenvalue weighted by Gasteiger charge is 1.98. The molecule has 2 heteroatoms. The summed E-state index contributed by atoms with van der Waals surface area (Å²) >= 11 is 0. The van der Waals surface area contributed by atoms with Crippen LogP contribution in [0.2, 0.25) is 0 Å². The second-order valence-electron chi connectivity index (χ2n) is 1.31. The minimum atomic E-state index is -0.236. The fourth-order valence-corrected chi connectivity index (χ4v) is 0.359. The van der Waals surface area contributed by atoms with E-state index in [1.165, 1.54) is 0 Å². The Morgan fingerprint density at radius 3 is 2.12 bits per heavy atom. The topological polar surface area (TPSA) is 18.5 Å². The van der Waals surface area contributed by atoms with Gasteiger partial charge in [0.15, 0.2) is 6.29 Å². The Labute approximate surface area is 49.8 Å². The molecule has 0 aromatic heterocycles. The quantitative estimate of drug-likeness (QED) is 0.395. The molecule has 0 saturated carbocycles. The van der Waals surface area contributed by atoms with Gasteiger partial charge in [0.25, 0.3) is 0 Å². The average molecular weight is 114 g/mol. The second-order valence-corrected chi connectivity index (χ2v) is 1.31. The Morgan fingerprint density at radius 2 is 2.00 bits per heavy atom. The van der Waals surface area contributed by atoms with Crippen LogP contribution in [0.25, 0.3) is 0 Å². The maximum Gasteiger partial charge on any atom is 0.167 e. The molecule has 0 heterocycles. The first-order chi connectivity index (χ1) is 3.85. The molecule has 0 radical (unpaired) electrons. The van der Waals surface area contributed by atoms with E-state index in [1.54, 1.807) is 14.2 Å². The third-order valence-corrected chi connectivity index (χ3v) is 0.810. The van der Waals surface area contributed by atoms with Crippen molar-refractivity contribution in [2.24, 2.45) is 0 Å². The highest BCUT2D eigenvalue weighted by Crippen LogP contribution is 1.93. The molecule has 0 saturated heterocycles. The molecular weight excluding hydrogens is 104 g/mol. The van der Waals surface area contributed by atoms with Crippen LogP contribution in [0.3, 0.4) is 0 Å². The summed E-state index contributed by atoms with van der Waals surface area (Å²) in [4.78, 5) is 0. The Bertz CT molecular complexity index is 79.0. The monoisotopic (exact) mass is 114 g/mol. The van der Waals surface area contributed by atoms with E-state index in [4.69, 9.17) is 15.9 Å². The van der Waals surface area contributed by atoms with E-state index < -0.39 is 0 Å². The van der Waals surface area contributed by atoms with E-state index in [9.17, 15) is 0 Å². The van der Waals surface area contributed by atoms with Crippen LogP contribution in [0.1, 0.15) is 6.42 Å². The van der Waals surface area contributed by atoms with Gasteiger partial charge in [-0.3, -0.25) is 0 Å². The predicted molar refractivity (Wildman–Crippen MR) is 31.3 cm³/mol. The SMILES string of the molecule is C#CCC(OC)OC. The Hall–Kier alpha value is -0.520. The molecule has 0 aromatic carbocycles. The summed E-state index contributed by atoms with van der Waals surface area (Å²) in [5.41, 5.74) is 0. The molecule has 0 fully saturated rings. The van der Waals surface area contributed by atoms with E-state index in [0.717, 1.165) is 0 Å². The van der Waals surface area contributed by atoms with E-state index in [1.807, 2.05) is 0 Å². The van der Waals surface area contributed by atoms with Crippen molar-refractivity contribution in [3.05, 3.63) is 0 Å². The lowest BCUT2D eigenvalue weighted by Crippen LogP contribution is -2.10. The van der Waals surface area contributed by atoms with Gasteiger partial charge in [0.05, 0.1) is 6.42 Å². The smallest absolute Gasteiger partial charge is 0.167 e. The Kier molecular flexibility index (Phi) is 4.33. The van der Waals surface area contributed by atoms with Gasteiger partial charge in [-0.05, 0) is 0 Å². The minimum absolute atomic E-state index is 0.236. The molecule has 0 rings (SSSR count). The number of rotatable bonds is 3. The summed E-state index contributed by atoms with van der Waals surface area (Å²) in [7, 11) is 3.12. The number of methoxy groups -OCH3 is 2. The molecule has 0 bridgehead atoms. The summed E-state index contributed by atoms with van der Waals surface area (Å²) in [6, 6.07) is 0. The van der Waals surface area contributed by atoms with Crippen LogP contribution in [0.4, 0.5) is 0 Å². The van der Waals surface area contributed by atoms with Crippen molar-refractivity contribution in [1.29, 1.82) is 0 Å². The number of hydrogen-bond donors (Lipinski definition) is 0. The maximum atomic E-state index is 4.97. The molecule has 0 unspecified atom stereocenters. The van der Waals surface area contributed by atoms with E-state index >= 15 is 0 Å². The third kappa shape index (κ3) is 2.62. The van der Waals surface area contributed by atoms with Gasteiger partial charge in [0.2, 0.25) is 0 Å². The van der Waals surface area contributed by atoms with Crippen LogP contribution in [0.15, 0.2) is 0 Å². The highest BCUT2D eigenvalue weighted by molar-refractivity contribution is 4.84. The minimum Gasteiger partial charge on any atom is -0.355 e. The van der Waals surface area contributed by atoms with Gasteiger partial charge < -0.3 is 9.47 Å². The van der Waals surface area contributed by atoms with E-state index in [-0.39, 0.29) is 6.29 Å². The predicted octanol–water partition coefficient (Wildman–Crippen LogP) is 0.629. The van der Waals surface area contributed by atoms with Gasteiger partial charge in [-0.2, -0.15) is 0 Å². The number of terminal acetylenes is 1. The second kappa shape index (κ2) is 4.63. The first kappa shape index (κ1) is 7.48. The fraction of sp³-hybridized carbons (Fsp3) is 0.667. The van der Waals surface area contributed by atoms with Gasteiger partial charge in [-0.25, -0.2) is 0 Å². The Morgan fingerprint density at radius 1 is 1.50 bits per heavy atom. The van der Waals surface area contributed by atoms with Gasteiger partial charge in [0.1, 0.15) is 0 Å². The van der Waals surface area contributed by atoms with Crippen LogP contribution in [0, 0.1) is 12.3 Å². The zero-order chi connectivity index (χ0) is 6.41. The van der Waals surface area contributed by atoms with Crippen LogP contribution < -0.4 is 0 Å². The van der Waals surface area contributed by atoms with E-state index in [0.29, 0.717) is 6.42 Å². The van der Waals surface area contributed by atoms with Crippen molar-refractivity contribution < 1.29 is 9.47 Å². The molecule has 2 nitrogen and oxygen atoms in total. The van der Waals surface area contributed by atoms with Crippen LogP contribution in [0.5, 0.6) is 0 Å². The van der Waals surface area contributed by atoms with Crippen molar-refractivity contribution in [2.45, 2.75) is 12.7 Å². The lowest BCUT2D eigenvalue weighted by atomic mass is 10.4. The molecule has 0 aromatic rings. The standard InChI is InChI=1S/C6H10O2/c1-4-5-6(7-2)8-3/h1,6H,5H2,2-3H3. The van der Waals surface area contributed by atoms with E-state index in [2.05, 4.69) is 5.92 Å². The number of hydrogen-bond acceptors (Lipinski definition) is 2. The largest absolute Gasteiger partial charge is 0.355 e. The molecule has 0 aliphatic rings. The molecule has 0 atom stereocenters. The molecule has 0 N–H and O–H groups in total. The first-order valence-electron chi connectivity index (χ1n) is 2.34. The van der Waals surface area contributed by atoms with Crippen molar-refractivity contribution in [1.82, 2.24) is 0 Å². The van der Waals surface area contributed by atoms with Crippen LogP contribution in [-0.2, 0) is 9.47 Å². The van der Waals surface area contributed by atoms with Crippen LogP contribution >= 0.6 is 0 Å². The first-order valence-corrected chi connectivity index (χ1v) is 2.34. The van der Waals surface area contributed by atoms with Crippen molar-refractivity contribution in [3.63, 3.8) is 0 Å². The molecular formula is C6H10O2. The molecule has 8 heavy (non-hydrogen) atoms. The summed E-state index contributed by atoms with van der Waals surface area (Å²) < 4.78 is 9.55. The zero-order valence-electron chi connectivity index (χ0n) is 5.18. The maximum absolute atomic E-state index is 4.97. The van der Waals surface area contributed by atoms with Crippen molar-refractivity contribution in [3.8, 4) is 12.3 Å². The highest BCUT2D eigenvalue weighted by atomic mass is 16.7. The van der Waals surface area contributed by atoms with Crippen LogP contribution in [-0.4, -0.2) is 20.5 Å². The fourth-order valence-electron chi connectivity index (χ4n) is 0.359. The number of ether oxygens (including phenoxy) is 2. The molecule has 0 aliphatic heterocycles. The molecule has 0 amide bonds. The lowest BCUT2D eigenvalue weighted by molar-refractivity contribution is -0.0972. The van der Waals surface area contributed by atoms with Crippen molar-refractivity contribution in [2.75, 3.05) is 14.2 Å². The average Bonchev–Trinajstić information content (AvgIpc) is 1.83. The van der Waals surface area contributed by atoms with Gasteiger partial charge >= 0.3 is 0 Å². The molecule has 0 spiro atoms. The molecule has 0 aliphatic carbocycles. The molecule has 46 valence electrons. The Balaban J connectivity index is 3.25. The van der Waals surface area contributed by atoms with Gasteiger partial charge in [-0.1, -0.05) is 0 Å². The summed E-state index contributed by atoms with van der Waals surface area (Å²) in [5, 5.41) is 0. The van der Waals surface area contributed by atoms with Crippen molar-refractivity contribution >= 4 is 0 Å². The summed E-state index contributed by atoms with van der Waals surface area (Å²) in [6.07, 6.45) is 5.24. The summed E-state index contributed by atoms with van der Waals surface area (Å²) in [5.74, 6) is 2.42. The normalized spacial score (nSPS) is 9.25. The zero-order valence-corrected chi connectivity index (χ0v) is 5.18. The summed E-state index contributed by atoms with van der Waals surface area (Å²) in [6.45, 7) is 0.